The molecule has 4 aromatic rings. The van der Waals surface area contributed by atoms with Crippen LogP contribution in [0.4, 0.5) is 0 Å². The number of benzene rings is 4. The van der Waals surface area contributed by atoms with Gasteiger partial charge in [-0.2, -0.15) is 0 Å². The van der Waals surface area contributed by atoms with E-state index in [2.05, 4.69) is 148 Å². The summed E-state index contributed by atoms with van der Waals surface area (Å²) in [6.45, 7) is 17.5. The summed E-state index contributed by atoms with van der Waals surface area (Å²) in [5.41, 5.74) is 1.83. The van der Waals surface area contributed by atoms with Gasteiger partial charge in [-0.15, -0.1) is 0 Å². The molecule has 0 saturated heterocycles. The van der Waals surface area contributed by atoms with Gasteiger partial charge in [-0.25, -0.2) is 38.2 Å². The summed E-state index contributed by atoms with van der Waals surface area (Å²) in [5, 5.41) is 5.97. The minimum atomic E-state index is -0.283. The van der Waals surface area contributed by atoms with Gasteiger partial charge in [0.15, 0.2) is 0 Å². The van der Waals surface area contributed by atoms with Crippen LogP contribution in [-0.4, -0.2) is 12.3 Å². The van der Waals surface area contributed by atoms with E-state index in [1.165, 1.54) is 46.4 Å². The largest absolute Gasteiger partial charge is 2.00 e. The van der Waals surface area contributed by atoms with Gasteiger partial charge in [0, 0.05) is 0 Å². The van der Waals surface area contributed by atoms with Gasteiger partial charge in [-0.1, -0.05) is 135 Å². The number of unbranched alkanes of at least 4 members (excludes halogenated alkanes) is 1. The third-order valence-corrected chi connectivity index (χ3v) is 10.5. The first kappa shape index (κ1) is 34.6. The molecule has 0 atom stereocenters. The molecule has 204 valence electrons. The van der Waals surface area contributed by atoms with Crippen LogP contribution >= 0.6 is 15.8 Å². The van der Waals surface area contributed by atoms with Crippen molar-refractivity contribution in [3.8, 4) is 0 Å². The van der Waals surface area contributed by atoms with Crippen molar-refractivity contribution in [2.24, 2.45) is 0 Å². The number of hydrogen-bond donors (Lipinski definition) is 0. The Kier molecular flexibility index (Phi) is 18.2. The Bertz CT molecular complexity index is 992. The number of hydrogen-bond acceptors (Lipinski definition) is 0. The van der Waals surface area contributed by atoms with E-state index < -0.39 is 0 Å². The standard InChI is InChI=1S/C28H28P2.2C4H7.Ru/c1-5-15-25(16-6-1)29(26-17-7-2-8-18-26)23-13-14-24-30(27-19-9-3-10-20-27)28-21-11-4-12-22-28;2*1-4(2)3;/h1-12,15-22H,13-14,23-24H2;2*1-2H2,3H3;/q;2*-1;+2. The van der Waals surface area contributed by atoms with E-state index in [-0.39, 0.29) is 35.3 Å². The van der Waals surface area contributed by atoms with E-state index in [4.69, 9.17) is 0 Å². The summed E-state index contributed by atoms with van der Waals surface area (Å²) in [6, 6.07) is 44.3. The molecule has 0 aliphatic carbocycles. The fraction of sp³-hybridized carbons (Fsp3) is 0.167. The monoisotopic (exact) mass is 638 g/mol. The quantitative estimate of drug-likeness (QED) is 0.0745. The molecule has 0 nitrogen and oxygen atoms in total. The van der Waals surface area contributed by atoms with Crippen LogP contribution in [0.5, 0.6) is 0 Å². The summed E-state index contributed by atoms with van der Waals surface area (Å²) in [5.74, 6) is 0. The fourth-order valence-electron chi connectivity index (χ4n) is 3.79. The molecular formula is C36H42P2Ru. The summed E-state index contributed by atoms with van der Waals surface area (Å²) < 4.78 is 0. The Hall–Kier alpha value is -2.42. The Labute approximate surface area is 253 Å². The average molecular weight is 638 g/mol. The predicted octanol–water partition coefficient (Wildman–Crippen LogP) is 8.82. The van der Waals surface area contributed by atoms with Crippen LogP contribution in [0.25, 0.3) is 0 Å². The summed E-state index contributed by atoms with van der Waals surface area (Å²) >= 11 is 0. The van der Waals surface area contributed by atoms with Crippen LogP contribution in [0.3, 0.4) is 0 Å². The zero-order valence-electron chi connectivity index (χ0n) is 23.5. The third kappa shape index (κ3) is 14.5. The molecule has 0 unspecified atom stereocenters. The predicted molar refractivity (Wildman–Crippen MR) is 177 cm³/mol. The summed E-state index contributed by atoms with van der Waals surface area (Å²) in [4.78, 5) is 0. The fourth-order valence-corrected chi connectivity index (χ4v) is 8.62. The van der Waals surface area contributed by atoms with E-state index in [0.717, 1.165) is 11.1 Å². The molecule has 0 saturated carbocycles. The minimum absolute atomic E-state index is 0. The summed E-state index contributed by atoms with van der Waals surface area (Å²) in [7, 11) is -0.566. The molecular weight excluding hydrogens is 595 g/mol. The Morgan fingerprint density at radius 3 is 0.846 bits per heavy atom. The SMILES string of the molecule is C=C([CH2-])C.C=C([CH2-])C.[Ru+2].c1ccc(P(CCCCP(c2ccccc2)c2ccccc2)c2ccccc2)cc1. The van der Waals surface area contributed by atoms with Gasteiger partial charge in [0.05, 0.1) is 0 Å². The first-order valence-electron chi connectivity index (χ1n) is 13.1. The van der Waals surface area contributed by atoms with Gasteiger partial charge in [0.1, 0.15) is 0 Å². The zero-order valence-corrected chi connectivity index (χ0v) is 27.0. The number of rotatable bonds is 9. The zero-order chi connectivity index (χ0) is 27.6. The van der Waals surface area contributed by atoms with Crippen molar-refractivity contribution in [3.63, 3.8) is 0 Å². The van der Waals surface area contributed by atoms with Gasteiger partial charge in [0.25, 0.3) is 0 Å². The molecule has 0 N–H and O–H groups in total. The summed E-state index contributed by atoms with van der Waals surface area (Å²) in [6.07, 6.45) is 5.06. The van der Waals surface area contributed by atoms with E-state index >= 15 is 0 Å². The Balaban J connectivity index is 0.000000748. The van der Waals surface area contributed by atoms with E-state index in [9.17, 15) is 0 Å². The van der Waals surface area contributed by atoms with Gasteiger partial charge >= 0.3 is 19.5 Å². The molecule has 0 bridgehead atoms. The van der Waals surface area contributed by atoms with E-state index in [1.54, 1.807) is 0 Å². The van der Waals surface area contributed by atoms with Crippen molar-refractivity contribution >= 4 is 37.1 Å². The number of allylic oxidation sites excluding steroid dienone is 2. The molecule has 0 spiro atoms. The second kappa shape index (κ2) is 20.5. The van der Waals surface area contributed by atoms with Crippen LogP contribution in [-0.2, 0) is 19.5 Å². The minimum Gasteiger partial charge on any atom is -0.242 e. The van der Waals surface area contributed by atoms with E-state index in [0.29, 0.717) is 0 Å². The first-order chi connectivity index (χ1) is 18.4. The van der Waals surface area contributed by atoms with Crippen molar-refractivity contribution in [2.45, 2.75) is 26.7 Å². The topological polar surface area (TPSA) is 0 Å². The Morgan fingerprint density at radius 2 is 0.667 bits per heavy atom. The molecule has 0 fully saturated rings. The van der Waals surface area contributed by atoms with Crippen molar-refractivity contribution in [3.05, 3.63) is 159 Å². The van der Waals surface area contributed by atoms with Gasteiger partial charge < -0.3 is 0 Å². The molecule has 4 rings (SSSR count). The average Bonchev–Trinajstić information content (AvgIpc) is 2.92. The van der Waals surface area contributed by atoms with E-state index in [1.807, 2.05) is 13.8 Å². The molecule has 0 radical (unpaired) electrons. The van der Waals surface area contributed by atoms with Crippen molar-refractivity contribution in [1.82, 2.24) is 0 Å². The molecule has 4 aromatic carbocycles. The van der Waals surface area contributed by atoms with Gasteiger partial charge in [-0.05, 0) is 62.2 Å². The molecule has 0 aliphatic rings. The second-order valence-electron chi connectivity index (χ2n) is 9.27. The van der Waals surface area contributed by atoms with Crippen LogP contribution in [0, 0.1) is 13.8 Å². The molecule has 0 aliphatic heterocycles. The van der Waals surface area contributed by atoms with Crippen molar-refractivity contribution in [1.29, 1.82) is 0 Å². The first-order valence-corrected chi connectivity index (χ1v) is 16.1. The van der Waals surface area contributed by atoms with Crippen molar-refractivity contribution < 1.29 is 19.5 Å². The molecule has 39 heavy (non-hydrogen) atoms. The van der Waals surface area contributed by atoms with Gasteiger partial charge in [0.2, 0.25) is 0 Å². The molecule has 0 heterocycles. The maximum absolute atomic E-state index is 3.44. The smallest absolute Gasteiger partial charge is 0.242 e. The van der Waals surface area contributed by atoms with Crippen LogP contribution < -0.4 is 21.2 Å². The second-order valence-corrected chi connectivity index (χ2v) is 13.9. The molecule has 0 amide bonds. The van der Waals surface area contributed by atoms with Gasteiger partial charge in [-0.3, -0.25) is 0 Å². The van der Waals surface area contributed by atoms with Crippen LogP contribution in [0.1, 0.15) is 26.7 Å². The Morgan fingerprint density at radius 1 is 0.487 bits per heavy atom. The van der Waals surface area contributed by atoms with Crippen LogP contribution in [0.2, 0.25) is 0 Å². The molecule has 0 aromatic heterocycles. The third-order valence-electron chi connectivity index (χ3n) is 5.28. The maximum Gasteiger partial charge on any atom is 2.00 e. The van der Waals surface area contributed by atoms with Crippen LogP contribution in [0.15, 0.2) is 146 Å². The molecule has 3 heteroatoms. The maximum atomic E-state index is 3.44. The normalized spacial score (nSPS) is 9.85. The van der Waals surface area contributed by atoms with Crippen molar-refractivity contribution in [2.75, 3.05) is 12.3 Å².